The lowest BCUT2D eigenvalue weighted by Crippen LogP contribution is -2.29. The second-order valence-corrected chi connectivity index (χ2v) is 15.1. The van der Waals surface area contributed by atoms with E-state index in [-0.39, 0.29) is 6.04 Å². The minimum Gasteiger partial charge on any atom is -0.309 e. The van der Waals surface area contributed by atoms with E-state index >= 15 is 0 Å². The molecule has 11 rings (SSSR count). The van der Waals surface area contributed by atoms with Crippen LogP contribution in [0.4, 0.5) is 0 Å². The van der Waals surface area contributed by atoms with Gasteiger partial charge in [0, 0.05) is 34.0 Å². The highest BCUT2D eigenvalue weighted by Gasteiger charge is 2.48. The average molecular weight is 741 g/mol. The van der Waals surface area contributed by atoms with Gasteiger partial charge < -0.3 is 4.57 Å². The fourth-order valence-electron chi connectivity index (χ4n) is 9.57. The summed E-state index contributed by atoms with van der Waals surface area (Å²) in [5, 5.41) is 12.2. The minimum atomic E-state index is -0.578. The summed E-state index contributed by atoms with van der Waals surface area (Å²) in [6, 6.07) is 73.5. The molecule has 4 nitrogen and oxygen atoms in total. The first-order valence-corrected chi connectivity index (χ1v) is 19.8. The first kappa shape index (κ1) is 33.7. The maximum Gasteiger partial charge on any atom is 0.155 e. The van der Waals surface area contributed by atoms with E-state index in [1.165, 1.54) is 49.7 Å². The number of para-hydroxylation sites is 1. The van der Waals surface area contributed by atoms with Crippen molar-refractivity contribution in [1.29, 1.82) is 5.26 Å². The Morgan fingerprint density at radius 1 is 0.569 bits per heavy atom. The highest BCUT2D eigenvalue weighted by Crippen LogP contribution is 2.59. The molecule has 0 spiro atoms. The van der Waals surface area contributed by atoms with Gasteiger partial charge in [-0.15, -0.1) is 0 Å². The van der Waals surface area contributed by atoms with Gasteiger partial charge in [-0.05, 0) is 69.3 Å². The number of hydrogen-bond donors (Lipinski definition) is 0. The van der Waals surface area contributed by atoms with Crippen molar-refractivity contribution in [3.8, 4) is 22.9 Å². The lowest BCUT2D eigenvalue weighted by molar-refractivity contribution is 0.753. The summed E-state index contributed by atoms with van der Waals surface area (Å²) in [6.07, 6.45) is 0.642. The van der Waals surface area contributed by atoms with Gasteiger partial charge in [-0.1, -0.05) is 170 Å². The van der Waals surface area contributed by atoms with Gasteiger partial charge in [-0.3, -0.25) is 4.99 Å². The largest absolute Gasteiger partial charge is 0.309 e. The topological polar surface area (TPSA) is 53.4 Å². The zero-order chi connectivity index (χ0) is 38.6. The zero-order valence-corrected chi connectivity index (χ0v) is 31.6. The molecular formula is C54H36N4. The molecule has 0 amide bonds. The number of benzene rings is 8. The molecule has 58 heavy (non-hydrogen) atoms. The van der Waals surface area contributed by atoms with Crippen molar-refractivity contribution in [1.82, 2.24) is 4.57 Å². The molecular weight excluding hydrogens is 705 g/mol. The minimum absolute atomic E-state index is 0.120. The number of rotatable bonds is 6. The molecule has 0 N–H and O–H groups in total. The number of nitrogens with zero attached hydrogens (tertiary/aromatic N) is 4. The predicted molar refractivity (Wildman–Crippen MR) is 236 cm³/mol. The SMILES string of the molecule is N#Cc1cccc(C2=NC(c3cccc(-n4c5ccccc5c5ccc6c(c54)C(c4ccccc4)(c4ccccc4)c4ccccc4-6)c3)=NC(c3ccccc3)C2)c1. The molecule has 9 aromatic rings. The Morgan fingerprint density at radius 3 is 2.02 bits per heavy atom. The van der Waals surface area contributed by atoms with Gasteiger partial charge in [0.25, 0.3) is 0 Å². The van der Waals surface area contributed by atoms with Crippen LogP contribution in [0, 0.1) is 11.3 Å². The molecule has 1 aromatic heterocycles. The van der Waals surface area contributed by atoms with E-state index in [0.29, 0.717) is 17.8 Å². The lowest BCUT2D eigenvalue weighted by Gasteiger charge is -2.34. The van der Waals surface area contributed by atoms with Gasteiger partial charge >= 0.3 is 0 Å². The molecule has 2 aliphatic rings. The van der Waals surface area contributed by atoms with Gasteiger partial charge in [-0.25, -0.2) is 4.99 Å². The number of aromatic nitrogens is 1. The maximum absolute atomic E-state index is 9.75. The van der Waals surface area contributed by atoms with Crippen molar-refractivity contribution in [3.63, 3.8) is 0 Å². The standard InChI is InChI=1S/C54H36N4/c55-35-36-16-14-19-38(32-36)49-34-48(37-17-4-1-5-18-37)56-53(57-49)39-20-15-25-42(33-39)58-50-29-13-11-27-44(50)46-31-30-45-43-26-10-12-28-47(43)54(51(45)52(46)58,40-21-6-2-7-22-40)41-23-8-3-9-24-41/h1-33,48H,34H2. The molecule has 2 heterocycles. The Labute approximate surface area is 337 Å². The molecule has 1 unspecified atom stereocenters. The number of aliphatic imine (C=N–C) groups is 2. The third kappa shape index (κ3) is 5.14. The fraction of sp³-hybridized carbons (Fsp3) is 0.0556. The highest BCUT2D eigenvalue weighted by molar-refractivity contribution is 6.16. The Bertz CT molecular complexity index is 3110. The van der Waals surface area contributed by atoms with E-state index in [1.807, 2.05) is 30.3 Å². The first-order valence-electron chi connectivity index (χ1n) is 19.8. The number of amidine groups is 1. The normalized spacial score (nSPS) is 15.3. The second-order valence-electron chi connectivity index (χ2n) is 15.1. The molecule has 1 aliphatic carbocycles. The van der Waals surface area contributed by atoms with E-state index in [0.717, 1.165) is 33.6 Å². The van der Waals surface area contributed by atoms with Gasteiger partial charge in [0.2, 0.25) is 0 Å². The van der Waals surface area contributed by atoms with Crippen LogP contribution in [0.5, 0.6) is 0 Å². The van der Waals surface area contributed by atoms with Crippen LogP contribution < -0.4 is 0 Å². The molecule has 0 saturated carbocycles. The Kier molecular flexibility index (Phi) is 7.87. The summed E-state index contributed by atoms with van der Waals surface area (Å²) in [5.41, 5.74) is 14.9. The predicted octanol–water partition coefficient (Wildman–Crippen LogP) is 12.4. The zero-order valence-electron chi connectivity index (χ0n) is 31.6. The Balaban J connectivity index is 1.19. The Morgan fingerprint density at radius 2 is 1.24 bits per heavy atom. The van der Waals surface area contributed by atoms with E-state index < -0.39 is 5.41 Å². The molecule has 0 saturated heterocycles. The van der Waals surface area contributed by atoms with Gasteiger partial charge in [-0.2, -0.15) is 5.26 Å². The molecule has 1 atom stereocenters. The van der Waals surface area contributed by atoms with Crippen molar-refractivity contribution in [3.05, 3.63) is 245 Å². The van der Waals surface area contributed by atoms with Crippen molar-refractivity contribution in [2.45, 2.75) is 17.9 Å². The summed E-state index contributed by atoms with van der Waals surface area (Å²) in [7, 11) is 0. The van der Waals surface area contributed by atoms with Gasteiger partial charge in [0.1, 0.15) is 0 Å². The first-order chi connectivity index (χ1) is 28.7. The van der Waals surface area contributed by atoms with Crippen LogP contribution >= 0.6 is 0 Å². The average Bonchev–Trinajstić information content (AvgIpc) is 3.81. The van der Waals surface area contributed by atoms with Crippen LogP contribution in [0.25, 0.3) is 38.6 Å². The monoisotopic (exact) mass is 740 g/mol. The van der Waals surface area contributed by atoms with Crippen LogP contribution in [-0.2, 0) is 5.41 Å². The third-order valence-electron chi connectivity index (χ3n) is 12.0. The van der Waals surface area contributed by atoms with E-state index in [1.54, 1.807) is 0 Å². The summed E-state index contributed by atoms with van der Waals surface area (Å²) < 4.78 is 2.47. The van der Waals surface area contributed by atoms with Crippen molar-refractivity contribution in [2.24, 2.45) is 9.98 Å². The number of fused-ring (bicyclic) bond motifs is 7. The quantitative estimate of drug-likeness (QED) is 0.167. The lowest BCUT2D eigenvalue weighted by atomic mass is 9.67. The van der Waals surface area contributed by atoms with E-state index in [9.17, 15) is 5.26 Å². The molecule has 272 valence electrons. The summed E-state index contributed by atoms with van der Waals surface area (Å²) in [5.74, 6) is 0.681. The molecule has 8 aromatic carbocycles. The van der Waals surface area contributed by atoms with E-state index in [4.69, 9.17) is 9.98 Å². The van der Waals surface area contributed by atoms with Crippen LogP contribution in [0.3, 0.4) is 0 Å². The number of hydrogen-bond acceptors (Lipinski definition) is 3. The maximum atomic E-state index is 9.75. The second kappa shape index (κ2) is 13.5. The Hall–Kier alpha value is -7.61. The van der Waals surface area contributed by atoms with Gasteiger partial charge in [0.05, 0.1) is 39.8 Å². The van der Waals surface area contributed by atoms with Crippen LogP contribution in [-0.4, -0.2) is 16.1 Å². The van der Waals surface area contributed by atoms with Crippen LogP contribution in [0.15, 0.2) is 210 Å². The fourth-order valence-corrected chi connectivity index (χ4v) is 9.57. The summed E-state index contributed by atoms with van der Waals surface area (Å²) >= 11 is 0. The molecule has 0 fully saturated rings. The molecule has 1 aliphatic heterocycles. The third-order valence-corrected chi connectivity index (χ3v) is 12.0. The van der Waals surface area contributed by atoms with E-state index in [2.05, 4.69) is 180 Å². The number of nitriles is 1. The summed E-state index contributed by atoms with van der Waals surface area (Å²) in [6.45, 7) is 0. The van der Waals surface area contributed by atoms with Crippen molar-refractivity contribution in [2.75, 3.05) is 0 Å². The van der Waals surface area contributed by atoms with Crippen molar-refractivity contribution < 1.29 is 0 Å². The smallest absolute Gasteiger partial charge is 0.155 e. The summed E-state index contributed by atoms with van der Waals surface area (Å²) in [4.78, 5) is 10.6. The van der Waals surface area contributed by atoms with Crippen molar-refractivity contribution >= 4 is 33.4 Å². The molecule has 0 bridgehead atoms. The van der Waals surface area contributed by atoms with Gasteiger partial charge in [0.15, 0.2) is 5.84 Å². The van der Waals surface area contributed by atoms with Crippen LogP contribution in [0.2, 0.25) is 0 Å². The van der Waals surface area contributed by atoms with Crippen LogP contribution in [0.1, 0.15) is 57.0 Å². The molecule has 0 radical (unpaired) electrons. The molecule has 4 heteroatoms. The highest BCUT2D eigenvalue weighted by atomic mass is 15.0.